The number of hydrogen-bond donors (Lipinski definition) is 1. The Morgan fingerprint density at radius 3 is 2.61 bits per heavy atom. The lowest BCUT2D eigenvalue weighted by atomic mass is 9.85. The van der Waals surface area contributed by atoms with E-state index in [2.05, 4.69) is 37.9 Å². The van der Waals surface area contributed by atoms with Gasteiger partial charge in [-0.2, -0.15) is 0 Å². The maximum absolute atomic E-state index is 3.64. The summed E-state index contributed by atoms with van der Waals surface area (Å²) in [6, 6.07) is 0.927. The minimum atomic E-state index is 0.257. The molecular weight excluding hydrogens is 220 g/mol. The highest BCUT2D eigenvalue weighted by Crippen LogP contribution is 2.36. The van der Waals surface area contributed by atoms with Crippen molar-refractivity contribution in [2.24, 2.45) is 11.8 Å². The molecule has 0 aromatic carbocycles. The van der Waals surface area contributed by atoms with Gasteiger partial charge in [-0.15, -0.1) is 0 Å². The molecular formula is C16H32N2. The molecule has 1 aliphatic carbocycles. The van der Waals surface area contributed by atoms with Gasteiger partial charge in [0.15, 0.2) is 0 Å². The number of fused-ring (bicyclic) bond motifs is 1. The number of rotatable bonds is 4. The van der Waals surface area contributed by atoms with Crippen LogP contribution in [0.25, 0.3) is 0 Å². The zero-order chi connectivity index (χ0) is 13.2. The van der Waals surface area contributed by atoms with E-state index in [0.29, 0.717) is 0 Å². The highest BCUT2D eigenvalue weighted by molar-refractivity contribution is 4.90. The summed E-state index contributed by atoms with van der Waals surface area (Å²) >= 11 is 0. The van der Waals surface area contributed by atoms with E-state index < -0.39 is 0 Å². The topological polar surface area (TPSA) is 15.3 Å². The van der Waals surface area contributed by atoms with Crippen LogP contribution in [-0.4, -0.2) is 36.1 Å². The summed E-state index contributed by atoms with van der Waals surface area (Å²) in [6.07, 6.45) is 7.37. The molecule has 3 unspecified atom stereocenters. The van der Waals surface area contributed by atoms with E-state index in [0.717, 1.165) is 24.4 Å². The molecule has 106 valence electrons. The Kier molecular flexibility index (Phi) is 4.71. The Balaban J connectivity index is 1.75. The van der Waals surface area contributed by atoms with Gasteiger partial charge < -0.3 is 5.32 Å². The molecule has 1 heterocycles. The number of nitrogens with zero attached hydrogens (tertiary/aromatic N) is 1. The van der Waals surface area contributed by atoms with Crippen molar-refractivity contribution in [3.63, 3.8) is 0 Å². The molecule has 0 aromatic heterocycles. The fraction of sp³-hybridized carbons (Fsp3) is 1.00. The van der Waals surface area contributed by atoms with Crippen LogP contribution < -0.4 is 5.32 Å². The predicted octanol–water partition coefficient (Wildman–Crippen LogP) is 3.28. The zero-order valence-electron chi connectivity index (χ0n) is 12.8. The molecule has 0 radical (unpaired) electrons. The van der Waals surface area contributed by atoms with E-state index in [1.165, 1.54) is 45.2 Å². The third kappa shape index (κ3) is 3.96. The van der Waals surface area contributed by atoms with E-state index in [1.54, 1.807) is 0 Å². The molecule has 0 bridgehead atoms. The first kappa shape index (κ1) is 14.3. The monoisotopic (exact) mass is 252 g/mol. The minimum Gasteiger partial charge on any atom is -0.312 e. The summed E-state index contributed by atoms with van der Waals surface area (Å²) in [5, 5.41) is 3.64. The summed E-state index contributed by atoms with van der Waals surface area (Å²) in [5.74, 6) is 1.80. The van der Waals surface area contributed by atoms with E-state index in [4.69, 9.17) is 0 Å². The molecule has 2 heteroatoms. The van der Waals surface area contributed by atoms with Crippen LogP contribution in [0.5, 0.6) is 0 Å². The SMILES string of the molecule is CC(CNC(C)(C)C)CN1CCC2CCCCC21. The summed E-state index contributed by atoms with van der Waals surface area (Å²) in [6.45, 7) is 13.0. The van der Waals surface area contributed by atoms with Gasteiger partial charge >= 0.3 is 0 Å². The molecule has 2 aliphatic rings. The van der Waals surface area contributed by atoms with Crippen molar-refractivity contribution in [2.75, 3.05) is 19.6 Å². The van der Waals surface area contributed by atoms with Crippen molar-refractivity contribution in [2.45, 2.75) is 71.4 Å². The van der Waals surface area contributed by atoms with Crippen molar-refractivity contribution in [3.05, 3.63) is 0 Å². The second-order valence-electron chi connectivity index (χ2n) is 7.63. The third-order valence-corrected chi connectivity index (χ3v) is 4.65. The van der Waals surface area contributed by atoms with Crippen LogP contribution in [-0.2, 0) is 0 Å². The quantitative estimate of drug-likeness (QED) is 0.826. The lowest BCUT2D eigenvalue weighted by Gasteiger charge is -2.34. The smallest absolute Gasteiger partial charge is 0.0124 e. The number of hydrogen-bond acceptors (Lipinski definition) is 2. The average Bonchev–Trinajstić information content (AvgIpc) is 2.70. The number of likely N-dealkylation sites (tertiary alicyclic amines) is 1. The molecule has 2 fully saturated rings. The van der Waals surface area contributed by atoms with Crippen LogP contribution in [0.2, 0.25) is 0 Å². The van der Waals surface area contributed by atoms with E-state index >= 15 is 0 Å². The van der Waals surface area contributed by atoms with Gasteiger partial charge in [-0.3, -0.25) is 4.90 Å². The molecule has 1 saturated carbocycles. The Hall–Kier alpha value is -0.0800. The fourth-order valence-corrected chi connectivity index (χ4v) is 3.67. The van der Waals surface area contributed by atoms with Gasteiger partial charge in [0.2, 0.25) is 0 Å². The molecule has 1 aliphatic heterocycles. The van der Waals surface area contributed by atoms with Crippen molar-refractivity contribution < 1.29 is 0 Å². The summed E-state index contributed by atoms with van der Waals surface area (Å²) in [7, 11) is 0. The predicted molar refractivity (Wildman–Crippen MR) is 78.9 cm³/mol. The van der Waals surface area contributed by atoms with Crippen LogP contribution in [0.1, 0.15) is 59.8 Å². The van der Waals surface area contributed by atoms with E-state index in [9.17, 15) is 0 Å². The summed E-state index contributed by atoms with van der Waals surface area (Å²) in [4.78, 5) is 2.79. The van der Waals surface area contributed by atoms with Gasteiger partial charge in [0.05, 0.1) is 0 Å². The maximum atomic E-state index is 3.64. The first-order chi connectivity index (χ1) is 8.46. The van der Waals surface area contributed by atoms with Crippen LogP contribution in [0, 0.1) is 11.8 Å². The van der Waals surface area contributed by atoms with Gasteiger partial charge in [-0.25, -0.2) is 0 Å². The Labute approximate surface area is 114 Å². The van der Waals surface area contributed by atoms with Crippen molar-refractivity contribution >= 4 is 0 Å². The standard InChI is InChI=1S/C16H32N2/c1-13(11-17-16(2,3)4)12-18-10-9-14-7-5-6-8-15(14)18/h13-15,17H,5-12H2,1-4H3. The molecule has 2 nitrogen and oxygen atoms in total. The third-order valence-electron chi connectivity index (χ3n) is 4.65. The lowest BCUT2D eigenvalue weighted by Crippen LogP contribution is -2.43. The van der Waals surface area contributed by atoms with Gasteiger partial charge in [0, 0.05) is 18.1 Å². The fourth-order valence-electron chi connectivity index (χ4n) is 3.67. The highest BCUT2D eigenvalue weighted by Gasteiger charge is 2.35. The van der Waals surface area contributed by atoms with Gasteiger partial charge in [-0.05, 0) is 65.0 Å². The van der Waals surface area contributed by atoms with Crippen LogP contribution >= 0.6 is 0 Å². The average molecular weight is 252 g/mol. The molecule has 1 N–H and O–H groups in total. The van der Waals surface area contributed by atoms with Gasteiger partial charge in [0.25, 0.3) is 0 Å². The van der Waals surface area contributed by atoms with Gasteiger partial charge in [0.1, 0.15) is 0 Å². The number of nitrogens with one attached hydrogen (secondary N) is 1. The maximum Gasteiger partial charge on any atom is 0.0124 e. The van der Waals surface area contributed by atoms with Crippen molar-refractivity contribution in [1.82, 2.24) is 10.2 Å². The largest absolute Gasteiger partial charge is 0.312 e. The molecule has 0 amide bonds. The Bertz CT molecular complexity index is 256. The van der Waals surface area contributed by atoms with Crippen LogP contribution in [0.3, 0.4) is 0 Å². The van der Waals surface area contributed by atoms with Crippen molar-refractivity contribution in [1.29, 1.82) is 0 Å². The highest BCUT2D eigenvalue weighted by atomic mass is 15.2. The second kappa shape index (κ2) is 5.92. The van der Waals surface area contributed by atoms with Crippen LogP contribution in [0.4, 0.5) is 0 Å². The normalized spacial score (nSPS) is 31.3. The van der Waals surface area contributed by atoms with E-state index in [-0.39, 0.29) is 5.54 Å². The second-order valence-corrected chi connectivity index (χ2v) is 7.63. The zero-order valence-corrected chi connectivity index (χ0v) is 12.8. The lowest BCUT2D eigenvalue weighted by molar-refractivity contribution is 0.160. The molecule has 0 spiro atoms. The summed E-state index contributed by atoms with van der Waals surface area (Å²) < 4.78 is 0. The summed E-state index contributed by atoms with van der Waals surface area (Å²) in [5.41, 5.74) is 0.257. The Morgan fingerprint density at radius 1 is 1.17 bits per heavy atom. The van der Waals surface area contributed by atoms with Gasteiger partial charge in [-0.1, -0.05) is 19.8 Å². The molecule has 18 heavy (non-hydrogen) atoms. The molecule has 1 saturated heterocycles. The first-order valence-electron chi connectivity index (χ1n) is 7.95. The minimum absolute atomic E-state index is 0.257. The Morgan fingerprint density at radius 2 is 1.89 bits per heavy atom. The molecule has 2 rings (SSSR count). The van der Waals surface area contributed by atoms with E-state index in [1.807, 2.05) is 0 Å². The molecule has 0 aromatic rings. The van der Waals surface area contributed by atoms with Crippen LogP contribution in [0.15, 0.2) is 0 Å². The van der Waals surface area contributed by atoms with Crippen molar-refractivity contribution in [3.8, 4) is 0 Å². The molecule has 3 atom stereocenters. The first-order valence-corrected chi connectivity index (χ1v) is 7.95.